The van der Waals surface area contributed by atoms with Gasteiger partial charge in [0.2, 0.25) is 5.88 Å². The van der Waals surface area contributed by atoms with Gasteiger partial charge in [0.1, 0.15) is 17.0 Å². The molecule has 0 saturated heterocycles. The fourth-order valence-corrected chi connectivity index (χ4v) is 4.17. The summed E-state index contributed by atoms with van der Waals surface area (Å²) in [6, 6.07) is 14.5. The van der Waals surface area contributed by atoms with Gasteiger partial charge in [0.15, 0.2) is 0 Å². The van der Waals surface area contributed by atoms with Crippen molar-refractivity contribution in [2.45, 2.75) is 32.0 Å². The third-order valence-electron chi connectivity index (χ3n) is 6.27. The van der Waals surface area contributed by atoms with E-state index in [0.717, 1.165) is 22.9 Å². The van der Waals surface area contributed by atoms with Crippen LogP contribution in [0.1, 0.15) is 57.3 Å². The van der Waals surface area contributed by atoms with E-state index in [1.54, 1.807) is 6.92 Å². The highest BCUT2D eigenvalue weighted by Gasteiger charge is 2.37. The van der Waals surface area contributed by atoms with Crippen LogP contribution in [0.15, 0.2) is 72.8 Å². The molecular formula is C29H24F5N3O4. The molecular weight excluding hydrogens is 549 g/mol. The number of halogens is 5. The Morgan fingerprint density at radius 1 is 0.976 bits per heavy atom. The molecule has 3 aromatic carbocycles. The van der Waals surface area contributed by atoms with Crippen LogP contribution in [-0.4, -0.2) is 26.8 Å². The van der Waals surface area contributed by atoms with Gasteiger partial charge >= 0.3 is 12.1 Å². The van der Waals surface area contributed by atoms with Crippen LogP contribution in [0.3, 0.4) is 0 Å². The molecule has 1 heterocycles. The molecule has 0 spiro atoms. The van der Waals surface area contributed by atoms with E-state index in [4.69, 9.17) is 9.84 Å². The molecule has 0 radical (unpaired) electrons. The molecule has 4 rings (SSSR count). The number of hydrogen-bond acceptors (Lipinski definition) is 4. The van der Waals surface area contributed by atoms with E-state index in [1.807, 2.05) is 0 Å². The van der Waals surface area contributed by atoms with Crippen molar-refractivity contribution in [3.05, 3.63) is 101 Å². The van der Waals surface area contributed by atoms with Crippen molar-refractivity contribution < 1.29 is 41.4 Å². The van der Waals surface area contributed by atoms with E-state index < -0.39 is 35.6 Å². The zero-order chi connectivity index (χ0) is 30.1. The number of alkyl halides is 5. The molecule has 214 valence electrons. The average Bonchev–Trinajstić information content (AvgIpc) is 3.23. The number of aryl methyl sites for hydroxylation is 1. The highest BCUT2D eigenvalue weighted by molar-refractivity contribution is 6.03. The summed E-state index contributed by atoms with van der Waals surface area (Å²) in [6.45, 7) is 2.30. The molecule has 0 aliphatic rings. The zero-order valence-electron chi connectivity index (χ0n) is 22.0. The molecule has 1 amide bonds. The molecule has 0 aliphatic carbocycles. The number of amides is 1. The molecule has 12 heteroatoms. The number of carbonyl (C=O) groups excluding carboxylic acids is 1. The fraction of sp³-hybridized carbons (Fsp3) is 0.207. The Balaban J connectivity index is 1.81. The van der Waals surface area contributed by atoms with Crippen molar-refractivity contribution in [3.8, 4) is 22.9 Å². The van der Waals surface area contributed by atoms with Crippen LogP contribution in [-0.2, 0) is 19.1 Å². The monoisotopic (exact) mass is 573 g/mol. The predicted molar refractivity (Wildman–Crippen MR) is 139 cm³/mol. The first-order valence-corrected chi connectivity index (χ1v) is 12.2. The maximum Gasteiger partial charge on any atom is 0.417 e. The van der Waals surface area contributed by atoms with Crippen LogP contribution in [0.25, 0.3) is 11.3 Å². The van der Waals surface area contributed by atoms with Gasteiger partial charge in [-0.15, -0.1) is 0 Å². The van der Waals surface area contributed by atoms with Gasteiger partial charge in [-0.3, -0.25) is 4.79 Å². The van der Waals surface area contributed by atoms with Crippen molar-refractivity contribution >= 4 is 11.9 Å². The van der Waals surface area contributed by atoms with Crippen LogP contribution in [0.4, 0.5) is 22.0 Å². The Kier molecular flexibility index (Phi) is 7.87. The summed E-state index contributed by atoms with van der Waals surface area (Å²) < 4.78 is 76.5. The molecule has 1 unspecified atom stereocenters. The van der Waals surface area contributed by atoms with Gasteiger partial charge in [-0.05, 0) is 42.8 Å². The van der Waals surface area contributed by atoms with Crippen molar-refractivity contribution in [1.82, 2.24) is 15.1 Å². The highest BCUT2D eigenvalue weighted by Crippen LogP contribution is 2.41. The molecule has 1 atom stereocenters. The van der Waals surface area contributed by atoms with Crippen LogP contribution < -0.4 is 10.1 Å². The third kappa shape index (κ3) is 6.37. The fourth-order valence-electron chi connectivity index (χ4n) is 4.17. The lowest BCUT2D eigenvalue weighted by Gasteiger charge is -2.17. The van der Waals surface area contributed by atoms with Gasteiger partial charge in [0, 0.05) is 25.1 Å². The molecule has 0 bridgehead atoms. The summed E-state index contributed by atoms with van der Waals surface area (Å²) in [5, 5.41) is 16.0. The number of benzene rings is 3. The second-order valence-electron chi connectivity index (χ2n) is 9.34. The largest absolute Gasteiger partial charge is 0.478 e. The van der Waals surface area contributed by atoms with Gasteiger partial charge in [-0.2, -0.15) is 18.3 Å². The van der Waals surface area contributed by atoms with E-state index in [0.29, 0.717) is 12.5 Å². The number of ether oxygens (including phenoxy) is 1. The number of hydrogen-bond donors (Lipinski definition) is 2. The maximum atomic E-state index is 13.9. The predicted octanol–water partition coefficient (Wildman–Crippen LogP) is 7.20. The van der Waals surface area contributed by atoms with E-state index in [9.17, 15) is 31.5 Å². The lowest BCUT2D eigenvalue weighted by atomic mass is 10.00. The molecule has 41 heavy (non-hydrogen) atoms. The number of carboxylic acid groups (broad SMARTS) is 1. The summed E-state index contributed by atoms with van der Waals surface area (Å²) in [5.41, 5.74) is -1.94. The van der Waals surface area contributed by atoms with Crippen LogP contribution in [0, 0.1) is 0 Å². The van der Waals surface area contributed by atoms with Crippen LogP contribution >= 0.6 is 0 Å². The molecule has 4 aromatic rings. The summed E-state index contributed by atoms with van der Waals surface area (Å²) in [6.07, 6.45) is -4.77. The second kappa shape index (κ2) is 11.0. The minimum Gasteiger partial charge on any atom is -0.478 e. The van der Waals surface area contributed by atoms with Crippen molar-refractivity contribution in [1.29, 1.82) is 0 Å². The summed E-state index contributed by atoms with van der Waals surface area (Å²) in [4.78, 5) is 24.8. The Morgan fingerprint density at radius 3 is 2.24 bits per heavy atom. The number of carboxylic acids is 1. The molecule has 0 fully saturated rings. The Bertz CT molecular complexity index is 1590. The quantitative estimate of drug-likeness (QED) is 0.218. The summed E-state index contributed by atoms with van der Waals surface area (Å²) in [5.74, 6) is -5.56. The first kappa shape index (κ1) is 29.2. The minimum atomic E-state index is -4.77. The second-order valence-corrected chi connectivity index (χ2v) is 9.34. The Labute approximate surface area is 231 Å². The lowest BCUT2D eigenvalue weighted by Crippen LogP contribution is -2.27. The lowest BCUT2D eigenvalue weighted by molar-refractivity contribution is -0.137. The van der Waals surface area contributed by atoms with E-state index in [2.05, 4.69) is 10.4 Å². The number of nitrogens with one attached hydrogen (secondary N) is 1. The number of carbonyl (C=O) groups is 2. The van der Waals surface area contributed by atoms with E-state index in [-0.39, 0.29) is 39.6 Å². The Morgan fingerprint density at radius 2 is 1.63 bits per heavy atom. The van der Waals surface area contributed by atoms with Gasteiger partial charge in [-0.25, -0.2) is 18.3 Å². The van der Waals surface area contributed by atoms with Crippen molar-refractivity contribution in [3.63, 3.8) is 0 Å². The number of aromatic carboxylic acids is 1. The summed E-state index contributed by atoms with van der Waals surface area (Å²) >= 11 is 0. The number of nitrogens with zero attached hydrogens (tertiary/aromatic N) is 2. The number of rotatable bonds is 8. The van der Waals surface area contributed by atoms with Crippen molar-refractivity contribution in [2.75, 3.05) is 0 Å². The standard InChI is InChI=1S/C29H24F5N3O4/c1-16(17-11-13-18(14-12-17)27(39)40)35-25(38)23-24(21-9-4-5-10-22(21)29(32,33)34)36-37(3)26(23)41-20-8-6-7-19(15-20)28(2,30)31/h4-16H,1-3H3,(H,35,38)(H,39,40). The zero-order valence-corrected chi connectivity index (χ0v) is 22.0. The van der Waals surface area contributed by atoms with Gasteiger partial charge < -0.3 is 15.2 Å². The SMILES string of the molecule is CC(NC(=O)c1c(-c2ccccc2C(F)(F)F)nn(C)c1Oc1cccc(C(C)(F)F)c1)c1ccc(C(=O)O)cc1. The normalized spacial score (nSPS) is 12.6. The minimum absolute atomic E-state index is 0.0288. The third-order valence-corrected chi connectivity index (χ3v) is 6.27. The maximum absolute atomic E-state index is 13.9. The van der Waals surface area contributed by atoms with Gasteiger partial charge in [-0.1, -0.05) is 42.5 Å². The molecule has 1 aromatic heterocycles. The van der Waals surface area contributed by atoms with Gasteiger partial charge in [0.25, 0.3) is 11.8 Å². The highest BCUT2D eigenvalue weighted by atomic mass is 19.4. The first-order chi connectivity index (χ1) is 19.2. The van der Waals surface area contributed by atoms with Crippen LogP contribution in [0.5, 0.6) is 11.6 Å². The molecule has 0 saturated carbocycles. The van der Waals surface area contributed by atoms with E-state index >= 15 is 0 Å². The number of aromatic nitrogens is 2. The molecule has 7 nitrogen and oxygen atoms in total. The molecule has 0 aliphatic heterocycles. The smallest absolute Gasteiger partial charge is 0.417 e. The first-order valence-electron chi connectivity index (χ1n) is 12.2. The van der Waals surface area contributed by atoms with Crippen molar-refractivity contribution in [2.24, 2.45) is 7.05 Å². The van der Waals surface area contributed by atoms with Crippen LogP contribution in [0.2, 0.25) is 0 Å². The summed E-state index contributed by atoms with van der Waals surface area (Å²) in [7, 11) is 1.35. The molecule has 2 N–H and O–H groups in total. The average molecular weight is 574 g/mol. The topological polar surface area (TPSA) is 93.5 Å². The Hall–Kier alpha value is -4.74. The van der Waals surface area contributed by atoms with E-state index in [1.165, 1.54) is 61.6 Å². The van der Waals surface area contributed by atoms with Gasteiger partial charge in [0.05, 0.1) is 17.2 Å².